The number of fused-ring (bicyclic) bond motifs is 1. The number of allylic oxidation sites excluding steroid dienone is 3. The Hall–Kier alpha value is -3.93. The van der Waals surface area contributed by atoms with E-state index in [-0.39, 0.29) is 29.0 Å². The van der Waals surface area contributed by atoms with Crippen molar-refractivity contribution >= 4 is 22.7 Å². The minimum absolute atomic E-state index is 0.0674. The second-order valence-electron chi connectivity index (χ2n) is 8.34. The van der Waals surface area contributed by atoms with Crippen molar-refractivity contribution in [2.24, 2.45) is 0 Å². The summed E-state index contributed by atoms with van der Waals surface area (Å²) in [7, 11) is 0. The van der Waals surface area contributed by atoms with Crippen molar-refractivity contribution in [3.05, 3.63) is 105 Å². The smallest absolute Gasteiger partial charge is 0.337 e. The van der Waals surface area contributed by atoms with Crippen molar-refractivity contribution in [2.75, 3.05) is 0 Å². The average molecular weight is 441 g/mol. The molecule has 3 aromatic rings. The van der Waals surface area contributed by atoms with Crippen molar-refractivity contribution in [2.45, 2.75) is 38.7 Å². The number of ether oxygens (including phenoxy) is 1. The number of para-hydroxylation sites is 1. The molecule has 6 nitrogen and oxygen atoms in total. The van der Waals surface area contributed by atoms with Crippen LogP contribution in [0.5, 0.6) is 0 Å². The van der Waals surface area contributed by atoms with Crippen LogP contribution >= 0.6 is 0 Å². The molecule has 1 atom stereocenters. The summed E-state index contributed by atoms with van der Waals surface area (Å²) >= 11 is 0. The molecule has 2 heterocycles. The van der Waals surface area contributed by atoms with Crippen molar-refractivity contribution in [3.63, 3.8) is 0 Å². The van der Waals surface area contributed by atoms with Crippen LogP contribution in [-0.4, -0.2) is 11.8 Å². The lowest BCUT2D eigenvalue weighted by atomic mass is 9.75. The average Bonchev–Trinajstić information content (AvgIpc) is 2.83. The fourth-order valence-electron chi connectivity index (χ4n) is 4.66. The largest absolute Gasteiger partial charge is 0.464 e. The van der Waals surface area contributed by atoms with E-state index < -0.39 is 11.9 Å². The standard InChI is InChI=1S/C27H23NO5/c1-16-23(27(31)33-14-17-8-3-2-4-9-17)24(25-20(28-16)11-7-12-21(25)29)19-15-32-22-13-6-5-10-18(22)26(19)30/h2-6,8-10,13,15,24,28H,7,11-12,14H2,1H3/t24-/m1/s1. The molecule has 1 N–H and O–H groups in total. The minimum atomic E-state index is -0.835. The quantitative estimate of drug-likeness (QED) is 0.600. The van der Waals surface area contributed by atoms with Crippen LogP contribution in [0.25, 0.3) is 11.0 Å². The van der Waals surface area contributed by atoms with Gasteiger partial charge in [-0.15, -0.1) is 0 Å². The van der Waals surface area contributed by atoms with Gasteiger partial charge < -0.3 is 14.5 Å². The van der Waals surface area contributed by atoms with Gasteiger partial charge in [0.05, 0.1) is 23.1 Å². The van der Waals surface area contributed by atoms with Gasteiger partial charge in [0.2, 0.25) is 0 Å². The fraction of sp³-hybridized carbons (Fsp3) is 0.222. The highest BCUT2D eigenvalue weighted by molar-refractivity contribution is 6.04. The Kier molecular flexibility index (Phi) is 5.42. The molecule has 166 valence electrons. The van der Waals surface area contributed by atoms with Crippen LogP contribution in [-0.2, 0) is 20.9 Å². The predicted octanol–water partition coefficient (Wildman–Crippen LogP) is 4.50. The molecule has 2 aromatic carbocycles. The molecular weight excluding hydrogens is 418 g/mol. The van der Waals surface area contributed by atoms with Crippen LogP contribution in [0.1, 0.15) is 43.2 Å². The highest BCUT2D eigenvalue weighted by Crippen LogP contribution is 2.42. The number of nitrogens with one attached hydrogen (secondary N) is 1. The van der Waals surface area contributed by atoms with Crippen LogP contribution in [0.2, 0.25) is 0 Å². The van der Waals surface area contributed by atoms with Gasteiger partial charge in [-0.05, 0) is 37.5 Å². The number of ketones is 1. The SMILES string of the molecule is CC1=C(C(=O)OCc2ccccc2)[C@@H](c2coc3ccccc3c2=O)C2=C(CCCC2=O)N1. The Labute approximate surface area is 190 Å². The van der Waals surface area contributed by atoms with E-state index in [9.17, 15) is 14.4 Å². The molecule has 0 unspecified atom stereocenters. The highest BCUT2D eigenvalue weighted by Gasteiger charge is 2.40. The van der Waals surface area contributed by atoms with E-state index in [2.05, 4.69) is 5.32 Å². The fourth-order valence-corrected chi connectivity index (χ4v) is 4.66. The van der Waals surface area contributed by atoms with Crippen molar-refractivity contribution in [1.29, 1.82) is 0 Å². The third kappa shape index (κ3) is 3.78. The van der Waals surface area contributed by atoms with Crippen LogP contribution in [0.4, 0.5) is 0 Å². The first kappa shape index (κ1) is 20.9. The Morgan fingerprint density at radius 1 is 1.06 bits per heavy atom. The Bertz CT molecular complexity index is 1380. The topological polar surface area (TPSA) is 85.6 Å². The van der Waals surface area contributed by atoms with Gasteiger partial charge in [-0.25, -0.2) is 4.79 Å². The predicted molar refractivity (Wildman–Crippen MR) is 123 cm³/mol. The molecule has 0 saturated heterocycles. The maximum Gasteiger partial charge on any atom is 0.337 e. The summed E-state index contributed by atoms with van der Waals surface area (Å²) in [5.74, 6) is -1.47. The molecule has 0 radical (unpaired) electrons. The molecule has 2 aliphatic rings. The Morgan fingerprint density at radius 2 is 1.82 bits per heavy atom. The van der Waals surface area contributed by atoms with Gasteiger partial charge in [-0.2, -0.15) is 0 Å². The molecule has 0 amide bonds. The molecule has 0 bridgehead atoms. The second-order valence-corrected chi connectivity index (χ2v) is 8.34. The minimum Gasteiger partial charge on any atom is -0.464 e. The molecule has 1 aliphatic carbocycles. The van der Waals surface area contributed by atoms with Crippen LogP contribution in [0, 0.1) is 0 Å². The molecule has 33 heavy (non-hydrogen) atoms. The Balaban J connectivity index is 1.61. The van der Waals surface area contributed by atoms with E-state index in [1.807, 2.05) is 30.3 Å². The van der Waals surface area contributed by atoms with Gasteiger partial charge in [0.1, 0.15) is 12.2 Å². The molecule has 1 aliphatic heterocycles. The number of carbonyl (C=O) groups is 2. The van der Waals surface area contributed by atoms with Crippen LogP contribution in [0.3, 0.4) is 0 Å². The number of hydrogen-bond donors (Lipinski definition) is 1. The summed E-state index contributed by atoms with van der Waals surface area (Å²) in [4.78, 5) is 39.8. The number of benzene rings is 2. The van der Waals surface area contributed by atoms with E-state index >= 15 is 0 Å². The van der Waals surface area contributed by atoms with Gasteiger partial charge >= 0.3 is 5.97 Å². The normalized spacial score (nSPS) is 18.2. The summed E-state index contributed by atoms with van der Waals surface area (Å²) in [6.07, 6.45) is 3.16. The first-order chi connectivity index (χ1) is 16.0. The number of rotatable bonds is 4. The summed E-state index contributed by atoms with van der Waals surface area (Å²) in [6, 6.07) is 16.3. The maximum atomic E-state index is 13.5. The van der Waals surface area contributed by atoms with Crippen LogP contribution < -0.4 is 10.7 Å². The van der Waals surface area contributed by atoms with Crippen molar-refractivity contribution < 1.29 is 18.7 Å². The van der Waals surface area contributed by atoms with E-state index in [0.29, 0.717) is 35.1 Å². The maximum absolute atomic E-state index is 13.5. The third-order valence-corrected chi connectivity index (χ3v) is 6.23. The van der Waals surface area contributed by atoms with Gasteiger partial charge in [-0.1, -0.05) is 42.5 Å². The zero-order valence-corrected chi connectivity index (χ0v) is 18.2. The van der Waals surface area contributed by atoms with Gasteiger partial charge in [0.25, 0.3) is 0 Å². The van der Waals surface area contributed by atoms with E-state index in [1.165, 1.54) is 6.26 Å². The Morgan fingerprint density at radius 3 is 2.64 bits per heavy atom. The van der Waals surface area contributed by atoms with Gasteiger partial charge in [-0.3, -0.25) is 9.59 Å². The lowest BCUT2D eigenvalue weighted by Gasteiger charge is -2.33. The number of dihydropyridines is 1. The summed E-state index contributed by atoms with van der Waals surface area (Å²) in [6.45, 7) is 1.87. The number of Topliss-reactive ketones (excluding diaryl/α,β-unsaturated/α-hetero) is 1. The first-order valence-electron chi connectivity index (χ1n) is 11.0. The van der Waals surface area contributed by atoms with Crippen LogP contribution in [0.15, 0.2) is 92.6 Å². The first-order valence-corrected chi connectivity index (χ1v) is 11.0. The molecule has 1 aromatic heterocycles. The summed E-state index contributed by atoms with van der Waals surface area (Å²) in [5, 5.41) is 3.65. The number of carbonyl (C=O) groups excluding carboxylic acids is 2. The summed E-state index contributed by atoms with van der Waals surface area (Å²) < 4.78 is 11.4. The molecule has 0 fully saturated rings. The monoisotopic (exact) mass is 441 g/mol. The van der Waals surface area contributed by atoms with Crippen molar-refractivity contribution in [3.8, 4) is 0 Å². The molecule has 5 rings (SSSR count). The third-order valence-electron chi connectivity index (χ3n) is 6.23. The van der Waals surface area contributed by atoms with Gasteiger partial charge in [0, 0.05) is 29.0 Å². The van der Waals surface area contributed by atoms with Crippen molar-refractivity contribution in [1.82, 2.24) is 5.32 Å². The number of esters is 1. The molecule has 6 heteroatoms. The van der Waals surface area contributed by atoms with E-state index in [1.54, 1.807) is 31.2 Å². The highest BCUT2D eigenvalue weighted by atomic mass is 16.5. The lowest BCUT2D eigenvalue weighted by Crippen LogP contribution is -2.36. The zero-order chi connectivity index (χ0) is 22.9. The molecule has 0 saturated carbocycles. The molecule has 0 spiro atoms. The lowest BCUT2D eigenvalue weighted by molar-refractivity contribution is -0.140. The van der Waals surface area contributed by atoms with Gasteiger partial charge in [0.15, 0.2) is 11.2 Å². The zero-order valence-electron chi connectivity index (χ0n) is 18.2. The van der Waals surface area contributed by atoms with E-state index in [4.69, 9.17) is 9.15 Å². The van der Waals surface area contributed by atoms with E-state index in [0.717, 1.165) is 17.7 Å². The number of hydrogen-bond acceptors (Lipinski definition) is 6. The second kappa shape index (κ2) is 8.54. The summed E-state index contributed by atoms with van der Waals surface area (Å²) in [5.41, 5.74) is 3.39. The molecular formula is C27H23NO5.